The Morgan fingerprint density at radius 2 is 2.06 bits per heavy atom. The predicted molar refractivity (Wildman–Crippen MR) is 132 cm³/mol. The molecule has 0 spiro atoms. The van der Waals surface area contributed by atoms with Crippen LogP contribution in [-0.2, 0) is 24.0 Å². The number of anilines is 1. The van der Waals surface area contributed by atoms with E-state index in [4.69, 9.17) is 9.57 Å². The van der Waals surface area contributed by atoms with Crippen molar-refractivity contribution in [3.05, 3.63) is 11.6 Å². The van der Waals surface area contributed by atoms with E-state index < -0.39 is 29.7 Å². The zero-order chi connectivity index (χ0) is 25.3. The lowest BCUT2D eigenvalue weighted by Crippen LogP contribution is -2.56. The first-order valence-corrected chi connectivity index (χ1v) is 13.0. The number of amides is 3. The van der Waals surface area contributed by atoms with Gasteiger partial charge in [0.05, 0.1) is 12.0 Å². The molecule has 10 heteroatoms. The van der Waals surface area contributed by atoms with Crippen molar-refractivity contribution in [1.82, 2.24) is 15.4 Å². The Morgan fingerprint density at radius 1 is 1.32 bits per heavy atom. The highest BCUT2D eigenvalue weighted by molar-refractivity contribution is 7.13. The lowest BCUT2D eigenvalue weighted by atomic mass is 9.83. The molecule has 1 saturated heterocycles. The molecule has 2 rings (SSSR count). The fourth-order valence-electron chi connectivity index (χ4n) is 4.09. The summed E-state index contributed by atoms with van der Waals surface area (Å²) in [7, 11) is 0. The molecule has 1 aromatic rings. The van der Waals surface area contributed by atoms with E-state index >= 15 is 0 Å². The summed E-state index contributed by atoms with van der Waals surface area (Å²) in [6, 6.07) is -1.28. The van der Waals surface area contributed by atoms with Crippen LogP contribution in [0.1, 0.15) is 73.6 Å². The number of thiazole rings is 1. The third-order valence-electron chi connectivity index (χ3n) is 5.83. The second kappa shape index (κ2) is 13.2. The molecule has 0 saturated carbocycles. The van der Waals surface area contributed by atoms with E-state index in [0.717, 1.165) is 12.8 Å². The van der Waals surface area contributed by atoms with Crippen LogP contribution in [0.4, 0.5) is 5.13 Å². The maximum Gasteiger partial charge on any atom is 0.249 e. The number of rotatable bonds is 12. The van der Waals surface area contributed by atoms with Crippen molar-refractivity contribution >= 4 is 34.7 Å². The Kier molecular flexibility index (Phi) is 10.9. The lowest BCUT2D eigenvalue weighted by molar-refractivity contribution is -0.289. The van der Waals surface area contributed by atoms with Gasteiger partial charge in [0.2, 0.25) is 18.2 Å². The zero-order valence-corrected chi connectivity index (χ0v) is 22.0. The monoisotopic (exact) mass is 496 g/mol. The van der Waals surface area contributed by atoms with E-state index in [2.05, 4.69) is 15.6 Å². The third-order valence-corrected chi connectivity index (χ3v) is 6.52. The van der Waals surface area contributed by atoms with Gasteiger partial charge in [-0.2, -0.15) is 0 Å². The molecule has 0 radical (unpaired) electrons. The Hall–Kier alpha value is -2.04. The molecule has 9 nitrogen and oxygen atoms in total. The largest absolute Gasteiger partial charge is 0.350 e. The molecule has 3 amide bonds. The number of hydroxylamine groups is 2. The number of hydrogen-bond acceptors (Lipinski definition) is 7. The molecular weight excluding hydrogens is 456 g/mol. The predicted octanol–water partition coefficient (Wildman–Crippen LogP) is 3.97. The Morgan fingerprint density at radius 3 is 2.56 bits per heavy atom. The molecule has 0 bridgehead atoms. The van der Waals surface area contributed by atoms with Crippen LogP contribution in [-0.4, -0.2) is 53.3 Å². The van der Waals surface area contributed by atoms with Crippen LogP contribution in [0.3, 0.4) is 0 Å². The van der Waals surface area contributed by atoms with E-state index in [1.54, 1.807) is 11.6 Å². The van der Waals surface area contributed by atoms with Crippen LogP contribution in [0, 0.1) is 17.3 Å². The van der Waals surface area contributed by atoms with Crippen molar-refractivity contribution in [1.29, 1.82) is 0 Å². The molecule has 0 aromatic carbocycles. The molecule has 192 valence electrons. The maximum absolute atomic E-state index is 13.6. The van der Waals surface area contributed by atoms with Crippen molar-refractivity contribution in [2.45, 2.75) is 92.0 Å². The SMILES string of the molecule is CC[C@@H]([C@@H](CC(C)C)C(=O)N[C@H](C(=O)Nc1nccs1)C(C)(C)C)N(C=O)OC1CCCCO1. The molecule has 34 heavy (non-hydrogen) atoms. The van der Waals surface area contributed by atoms with E-state index in [9.17, 15) is 14.4 Å². The number of carbonyl (C=O) groups is 3. The number of hydrogen-bond donors (Lipinski definition) is 2. The number of carbonyl (C=O) groups excluding carboxylic acids is 3. The quantitative estimate of drug-likeness (QED) is 0.335. The lowest BCUT2D eigenvalue weighted by Gasteiger charge is -2.37. The smallest absolute Gasteiger partial charge is 0.249 e. The second-order valence-corrected chi connectivity index (χ2v) is 11.1. The second-order valence-electron chi connectivity index (χ2n) is 10.2. The highest BCUT2D eigenvalue weighted by Gasteiger charge is 2.39. The van der Waals surface area contributed by atoms with Crippen LogP contribution in [0.15, 0.2) is 11.6 Å². The van der Waals surface area contributed by atoms with Gasteiger partial charge in [0.15, 0.2) is 11.4 Å². The first-order valence-electron chi connectivity index (χ1n) is 12.1. The van der Waals surface area contributed by atoms with Gasteiger partial charge < -0.3 is 15.4 Å². The average molecular weight is 497 g/mol. The standard InChI is InChI=1S/C24H40N4O5S/c1-7-18(28(15-29)33-19-10-8-9-12-32-19)17(14-16(2)3)21(30)26-20(24(4,5)6)22(31)27-23-25-11-13-34-23/h11,13,15-20H,7-10,12,14H2,1-6H3,(H,26,30)(H,25,27,31)/t17-,18+,19?,20-/m1/s1. The summed E-state index contributed by atoms with van der Waals surface area (Å²) >= 11 is 1.32. The molecule has 1 unspecified atom stereocenters. The van der Waals surface area contributed by atoms with Crippen LogP contribution in [0.25, 0.3) is 0 Å². The van der Waals surface area contributed by atoms with Gasteiger partial charge in [-0.1, -0.05) is 41.5 Å². The number of aromatic nitrogens is 1. The molecule has 0 aliphatic carbocycles. The van der Waals surface area contributed by atoms with Gasteiger partial charge in [-0.3, -0.25) is 14.4 Å². The number of ether oxygens (including phenoxy) is 1. The third kappa shape index (κ3) is 8.32. The molecule has 4 atom stereocenters. The molecule has 1 aliphatic heterocycles. The van der Waals surface area contributed by atoms with E-state index in [0.29, 0.717) is 37.4 Å². The highest BCUT2D eigenvalue weighted by atomic mass is 32.1. The van der Waals surface area contributed by atoms with E-state index in [1.807, 2.05) is 41.5 Å². The van der Waals surface area contributed by atoms with Crippen molar-refractivity contribution in [3.8, 4) is 0 Å². The fraction of sp³-hybridized carbons (Fsp3) is 0.750. The van der Waals surface area contributed by atoms with Gasteiger partial charge in [-0.15, -0.1) is 11.3 Å². The van der Waals surface area contributed by atoms with E-state index in [-0.39, 0.29) is 17.7 Å². The molecule has 2 N–H and O–H groups in total. The highest BCUT2D eigenvalue weighted by Crippen LogP contribution is 2.27. The minimum Gasteiger partial charge on any atom is -0.350 e. The Balaban J connectivity index is 2.22. The van der Waals surface area contributed by atoms with Crippen LogP contribution in [0.2, 0.25) is 0 Å². The summed E-state index contributed by atoms with van der Waals surface area (Å²) in [6.45, 7) is 12.3. The summed E-state index contributed by atoms with van der Waals surface area (Å²) in [5.74, 6) is -0.973. The molecule has 2 heterocycles. The minimum absolute atomic E-state index is 0.196. The van der Waals surface area contributed by atoms with Crippen molar-refractivity contribution < 1.29 is 24.0 Å². The summed E-state index contributed by atoms with van der Waals surface area (Å²) in [5, 5.41) is 9.25. The van der Waals surface area contributed by atoms with Crippen molar-refractivity contribution in [3.63, 3.8) is 0 Å². The summed E-state index contributed by atoms with van der Waals surface area (Å²) in [5.41, 5.74) is -0.544. The number of nitrogens with one attached hydrogen (secondary N) is 2. The molecule has 1 aliphatic rings. The van der Waals surface area contributed by atoms with Gasteiger partial charge in [0, 0.05) is 24.6 Å². The zero-order valence-electron chi connectivity index (χ0n) is 21.2. The molecule has 1 aromatic heterocycles. The van der Waals surface area contributed by atoms with Gasteiger partial charge in [0.25, 0.3) is 0 Å². The van der Waals surface area contributed by atoms with Crippen LogP contribution in [0.5, 0.6) is 0 Å². The normalized spacial score (nSPS) is 19.2. The Bertz CT molecular complexity index is 775. The van der Waals surface area contributed by atoms with Crippen LogP contribution >= 0.6 is 11.3 Å². The first kappa shape index (κ1) is 28.2. The molecule has 1 fully saturated rings. The van der Waals surface area contributed by atoms with Crippen LogP contribution < -0.4 is 10.6 Å². The summed E-state index contributed by atoms with van der Waals surface area (Å²) in [4.78, 5) is 48.7. The summed E-state index contributed by atoms with van der Waals surface area (Å²) in [6.07, 6.45) is 5.42. The van der Waals surface area contributed by atoms with Crippen molar-refractivity contribution in [2.75, 3.05) is 11.9 Å². The summed E-state index contributed by atoms with van der Waals surface area (Å²) < 4.78 is 5.64. The van der Waals surface area contributed by atoms with E-state index in [1.165, 1.54) is 16.4 Å². The average Bonchev–Trinajstić information content (AvgIpc) is 3.28. The molecular formula is C24H40N4O5S. The van der Waals surface area contributed by atoms with Gasteiger partial charge in [-0.05, 0) is 37.0 Å². The number of nitrogens with zero attached hydrogens (tertiary/aromatic N) is 2. The van der Waals surface area contributed by atoms with Gasteiger partial charge >= 0.3 is 0 Å². The maximum atomic E-state index is 13.6. The van der Waals surface area contributed by atoms with Gasteiger partial charge in [0.1, 0.15) is 6.04 Å². The van der Waals surface area contributed by atoms with Gasteiger partial charge in [-0.25, -0.2) is 14.9 Å². The Labute approximate surface area is 206 Å². The van der Waals surface area contributed by atoms with Crippen molar-refractivity contribution in [2.24, 2.45) is 17.3 Å². The first-order chi connectivity index (χ1) is 16.1. The fourth-order valence-corrected chi connectivity index (χ4v) is 4.62. The topological polar surface area (TPSA) is 110 Å². The minimum atomic E-state index is -0.789.